The summed E-state index contributed by atoms with van der Waals surface area (Å²) in [4.78, 5) is 23.3. The van der Waals surface area contributed by atoms with Gasteiger partial charge in [-0.25, -0.2) is 0 Å². The van der Waals surface area contributed by atoms with E-state index in [1.54, 1.807) is 0 Å². The van der Waals surface area contributed by atoms with Crippen molar-refractivity contribution in [3.05, 3.63) is 12.7 Å². The van der Waals surface area contributed by atoms with Crippen LogP contribution in [0.15, 0.2) is 12.7 Å². The minimum atomic E-state index is -4.17. The van der Waals surface area contributed by atoms with Gasteiger partial charge in [0.25, 0.3) is 10.1 Å². The summed E-state index contributed by atoms with van der Waals surface area (Å²) in [7, 11) is -0.292. The monoisotopic (exact) mass is 364 g/mol. The maximum atomic E-state index is 12.0. The van der Waals surface area contributed by atoms with E-state index in [4.69, 9.17) is 4.55 Å². The minimum Gasteiger partial charge on any atom is -0.350 e. The summed E-state index contributed by atoms with van der Waals surface area (Å²) in [5.41, 5.74) is -1.05. The molecular weight excluding hydrogens is 334 g/mol. The first-order valence-electron chi connectivity index (χ1n) is 7.67. The molecule has 0 saturated heterocycles. The average Bonchev–Trinajstić information content (AvgIpc) is 2.31. The molecule has 3 N–H and O–H groups in total. The molecule has 0 aromatic rings. The van der Waals surface area contributed by atoms with E-state index in [9.17, 15) is 18.0 Å². The van der Waals surface area contributed by atoms with E-state index >= 15 is 0 Å². The Hall–Kier alpha value is -1.45. The van der Waals surface area contributed by atoms with Crippen LogP contribution in [0.25, 0.3) is 0 Å². The normalized spacial score (nSPS) is 13.9. The van der Waals surface area contributed by atoms with Crippen LogP contribution in [-0.4, -0.2) is 73.8 Å². The molecule has 0 saturated carbocycles. The lowest BCUT2D eigenvalue weighted by Gasteiger charge is -2.33. The van der Waals surface area contributed by atoms with E-state index in [-0.39, 0.29) is 24.3 Å². The van der Waals surface area contributed by atoms with Crippen molar-refractivity contribution in [3.8, 4) is 0 Å². The van der Waals surface area contributed by atoms with Gasteiger partial charge >= 0.3 is 0 Å². The van der Waals surface area contributed by atoms with Gasteiger partial charge in [0.15, 0.2) is 0 Å². The summed E-state index contributed by atoms with van der Waals surface area (Å²) in [6, 6.07) is -0.0791. The fourth-order valence-electron chi connectivity index (χ4n) is 2.52. The molecule has 0 aliphatic heterocycles. The lowest BCUT2D eigenvalue weighted by molar-refractivity contribution is -0.890. The highest BCUT2D eigenvalue weighted by molar-refractivity contribution is 7.85. The summed E-state index contributed by atoms with van der Waals surface area (Å²) in [6.07, 6.45) is 1.41. The van der Waals surface area contributed by atoms with Gasteiger partial charge in [-0.15, -0.1) is 0 Å². The van der Waals surface area contributed by atoms with Crippen LogP contribution < -0.4 is 10.6 Å². The zero-order valence-corrected chi connectivity index (χ0v) is 15.9. The molecule has 9 heteroatoms. The summed E-state index contributed by atoms with van der Waals surface area (Å²) >= 11 is 0. The molecule has 140 valence electrons. The number of nitrogens with one attached hydrogen (secondary N) is 2. The number of amides is 2. The van der Waals surface area contributed by atoms with Gasteiger partial charge < -0.3 is 15.1 Å². The summed E-state index contributed by atoms with van der Waals surface area (Å²) in [6.45, 7) is 9.48. The molecule has 0 aromatic carbocycles. The van der Waals surface area contributed by atoms with Crippen molar-refractivity contribution in [3.63, 3.8) is 0 Å². The molecule has 0 fully saturated rings. The van der Waals surface area contributed by atoms with E-state index < -0.39 is 21.4 Å². The Morgan fingerprint density at radius 3 is 2.33 bits per heavy atom. The maximum Gasteiger partial charge on any atom is 0.267 e. The number of rotatable bonds is 10. The summed E-state index contributed by atoms with van der Waals surface area (Å²) < 4.78 is 31.3. The number of nitrogens with zero attached hydrogens (tertiary/aromatic N) is 1. The summed E-state index contributed by atoms with van der Waals surface area (Å²) in [5.74, 6) is -1.08. The molecule has 0 radical (unpaired) electrons. The Morgan fingerprint density at radius 1 is 1.33 bits per heavy atom. The van der Waals surface area contributed by atoms with Crippen LogP contribution in [0.1, 0.15) is 27.2 Å². The predicted molar refractivity (Wildman–Crippen MR) is 92.9 cm³/mol. The van der Waals surface area contributed by atoms with E-state index in [0.717, 1.165) is 0 Å². The fraction of sp³-hybridized carbons (Fsp3) is 0.733. The zero-order chi connectivity index (χ0) is 19.2. The van der Waals surface area contributed by atoms with Gasteiger partial charge in [0.2, 0.25) is 11.8 Å². The SMILES string of the molecule is C=CC(=O)NC(C)C[N+](C)(C)CCC(=O)NC(C)(C)CS(=O)(=O)O. The van der Waals surface area contributed by atoms with Crippen molar-refractivity contribution in [2.24, 2.45) is 0 Å². The largest absolute Gasteiger partial charge is 0.350 e. The van der Waals surface area contributed by atoms with Crippen molar-refractivity contribution in [2.45, 2.75) is 38.8 Å². The van der Waals surface area contributed by atoms with E-state index in [1.807, 2.05) is 21.0 Å². The second kappa shape index (κ2) is 8.59. The molecule has 0 aliphatic carbocycles. The first-order valence-corrected chi connectivity index (χ1v) is 9.28. The Morgan fingerprint density at radius 2 is 1.88 bits per heavy atom. The molecule has 2 amide bonds. The van der Waals surface area contributed by atoms with Crippen molar-refractivity contribution >= 4 is 21.9 Å². The molecule has 0 rings (SSSR count). The molecule has 0 aliphatic rings. The fourth-order valence-corrected chi connectivity index (χ4v) is 3.50. The topological polar surface area (TPSA) is 113 Å². The maximum absolute atomic E-state index is 12.0. The van der Waals surface area contributed by atoms with Gasteiger partial charge in [0.05, 0.1) is 50.9 Å². The molecule has 1 unspecified atom stereocenters. The van der Waals surface area contributed by atoms with Gasteiger partial charge in [-0.2, -0.15) is 8.42 Å². The predicted octanol–water partition coefficient (Wildman–Crippen LogP) is -0.0738. The minimum absolute atomic E-state index is 0.0791. The van der Waals surface area contributed by atoms with Crippen LogP contribution >= 0.6 is 0 Å². The van der Waals surface area contributed by atoms with Gasteiger partial charge in [0, 0.05) is 0 Å². The van der Waals surface area contributed by atoms with Crippen LogP contribution in [-0.2, 0) is 19.7 Å². The Labute approximate surface area is 144 Å². The first-order chi connectivity index (χ1) is 10.7. The first kappa shape index (κ1) is 22.6. The van der Waals surface area contributed by atoms with Gasteiger partial charge in [-0.3, -0.25) is 14.1 Å². The Kier molecular flexibility index (Phi) is 8.07. The zero-order valence-electron chi connectivity index (χ0n) is 15.1. The second-order valence-electron chi connectivity index (χ2n) is 7.36. The van der Waals surface area contributed by atoms with Crippen LogP contribution in [0.2, 0.25) is 0 Å². The molecule has 24 heavy (non-hydrogen) atoms. The molecule has 0 aromatic heterocycles. The molecule has 0 bridgehead atoms. The van der Waals surface area contributed by atoms with Gasteiger partial charge in [-0.05, 0) is 26.8 Å². The number of quaternary nitrogens is 1. The third-order valence-electron chi connectivity index (χ3n) is 3.31. The highest BCUT2D eigenvalue weighted by atomic mass is 32.2. The van der Waals surface area contributed by atoms with E-state index in [2.05, 4.69) is 17.2 Å². The average molecular weight is 364 g/mol. The Balaban J connectivity index is 4.47. The lowest BCUT2D eigenvalue weighted by Crippen LogP contribution is -2.52. The molecule has 0 heterocycles. The van der Waals surface area contributed by atoms with Crippen LogP contribution in [0.4, 0.5) is 0 Å². The number of likely N-dealkylation sites (N-methyl/N-ethyl adjacent to an activating group) is 1. The third-order valence-corrected chi connectivity index (χ3v) is 4.39. The number of hydrogen-bond acceptors (Lipinski definition) is 4. The van der Waals surface area contributed by atoms with Gasteiger partial charge in [-0.1, -0.05) is 6.58 Å². The highest BCUT2D eigenvalue weighted by Gasteiger charge is 2.28. The van der Waals surface area contributed by atoms with Crippen LogP contribution in [0.3, 0.4) is 0 Å². The molecule has 1 atom stereocenters. The summed E-state index contributed by atoms with van der Waals surface area (Å²) in [5, 5.41) is 5.38. The van der Waals surface area contributed by atoms with Crippen molar-refractivity contribution in [1.29, 1.82) is 0 Å². The Bertz CT molecular complexity index is 570. The second-order valence-corrected chi connectivity index (χ2v) is 8.82. The standard InChI is InChI=1S/C15H29N3O5S/c1-7-13(19)16-12(2)10-18(5,6)9-8-14(20)17-15(3,4)11-24(21,22)23/h7,12H,1,8-11H2,2-6H3,(H2-,16,17,19,20,21,22,23)/p+1. The van der Waals surface area contributed by atoms with Crippen molar-refractivity contribution in [2.75, 3.05) is 32.9 Å². The van der Waals surface area contributed by atoms with Crippen LogP contribution in [0, 0.1) is 0 Å². The molecule has 0 spiro atoms. The van der Waals surface area contributed by atoms with Crippen molar-refractivity contribution in [1.82, 2.24) is 10.6 Å². The third kappa shape index (κ3) is 11.1. The highest BCUT2D eigenvalue weighted by Crippen LogP contribution is 2.08. The van der Waals surface area contributed by atoms with E-state index in [1.165, 1.54) is 19.9 Å². The molecular formula is C15H30N3O5S+. The lowest BCUT2D eigenvalue weighted by atomic mass is 10.1. The quantitative estimate of drug-likeness (QED) is 0.285. The van der Waals surface area contributed by atoms with Crippen molar-refractivity contribution < 1.29 is 27.0 Å². The molecule has 8 nitrogen and oxygen atoms in total. The van der Waals surface area contributed by atoms with Gasteiger partial charge in [0.1, 0.15) is 0 Å². The smallest absolute Gasteiger partial charge is 0.267 e. The van der Waals surface area contributed by atoms with Crippen LogP contribution in [0.5, 0.6) is 0 Å². The number of hydrogen-bond donors (Lipinski definition) is 3. The van der Waals surface area contributed by atoms with E-state index in [0.29, 0.717) is 17.6 Å². The number of carbonyl (C=O) groups excluding carboxylic acids is 2. The number of carbonyl (C=O) groups is 2.